The zero-order valence-corrected chi connectivity index (χ0v) is 22.7. The zero-order valence-electron chi connectivity index (χ0n) is 22.7. The number of rotatable bonds is 4. The molecular formula is C28H31F7N4O2. The van der Waals surface area contributed by atoms with Gasteiger partial charge >= 0.3 is 18.4 Å². The molecule has 0 saturated carbocycles. The summed E-state index contributed by atoms with van der Waals surface area (Å²) in [6.45, 7) is 3.21. The quantitative estimate of drug-likeness (QED) is 0.424. The number of nitrogens with two attached hydrogens (primary N) is 1. The summed E-state index contributed by atoms with van der Waals surface area (Å²) in [5, 5.41) is 3.30. The number of piperidine rings is 1. The molecule has 3 N–H and O–H groups in total. The first kappa shape index (κ1) is 30.6. The Morgan fingerprint density at radius 1 is 1.05 bits per heavy atom. The maximum Gasteiger partial charge on any atom is 0.416 e. The lowest BCUT2D eigenvalue weighted by atomic mass is 9.79. The fraction of sp³-hybridized carbons (Fsp3) is 0.500. The molecule has 224 valence electrons. The monoisotopic (exact) mass is 588 g/mol. The summed E-state index contributed by atoms with van der Waals surface area (Å²) in [6.07, 6.45) is -8.16. The Morgan fingerprint density at radius 3 is 2.17 bits per heavy atom. The largest absolute Gasteiger partial charge is 0.416 e. The van der Waals surface area contributed by atoms with Crippen molar-refractivity contribution >= 4 is 11.9 Å². The highest BCUT2D eigenvalue weighted by atomic mass is 19.4. The number of halogens is 7. The second kappa shape index (κ2) is 10.8. The van der Waals surface area contributed by atoms with Gasteiger partial charge in [0.25, 0.3) is 0 Å². The van der Waals surface area contributed by atoms with Crippen molar-refractivity contribution in [1.29, 1.82) is 0 Å². The third-order valence-electron chi connectivity index (χ3n) is 8.34. The van der Waals surface area contributed by atoms with Crippen LogP contribution in [0.4, 0.5) is 35.5 Å². The number of hydrogen-bond acceptors (Lipinski definition) is 3. The summed E-state index contributed by atoms with van der Waals surface area (Å²) in [5.41, 5.74) is 2.91. The van der Waals surface area contributed by atoms with Gasteiger partial charge in [0.2, 0.25) is 5.91 Å². The summed E-state index contributed by atoms with van der Waals surface area (Å²) in [5.74, 6) is -0.971. The Morgan fingerprint density at radius 2 is 1.66 bits per heavy atom. The molecule has 2 aromatic carbocycles. The Balaban J connectivity index is 1.68. The van der Waals surface area contributed by atoms with E-state index in [1.807, 2.05) is 0 Å². The van der Waals surface area contributed by atoms with Gasteiger partial charge in [0.05, 0.1) is 29.3 Å². The van der Waals surface area contributed by atoms with E-state index in [-0.39, 0.29) is 18.2 Å². The van der Waals surface area contributed by atoms with Crippen molar-refractivity contribution in [3.05, 3.63) is 70.0 Å². The number of benzene rings is 2. The van der Waals surface area contributed by atoms with Crippen molar-refractivity contribution in [2.24, 2.45) is 5.73 Å². The Bertz CT molecular complexity index is 1300. The van der Waals surface area contributed by atoms with Crippen LogP contribution in [0.5, 0.6) is 0 Å². The van der Waals surface area contributed by atoms with Gasteiger partial charge in [0, 0.05) is 19.1 Å². The molecular weight excluding hydrogens is 557 g/mol. The van der Waals surface area contributed by atoms with E-state index >= 15 is 0 Å². The minimum absolute atomic E-state index is 0.0451. The molecule has 2 fully saturated rings. The number of aryl methyl sites for hydroxylation is 1. The van der Waals surface area contributed by atoms with Gasteiger partial charge in [-0.1, -0.05) is 6.07 Å². The molecule has 0 radical (unpaired) electrons. The molecule has 6 nitrogen and oxygen atoms in total. The predicted octanol–water partition coefficient (Wildman–Crippen LogP) is 6.10. The number of amides is 3. The lowest BCUT2D eigenvalue weighted by molar-refractivity contribution is -0.143. The maximum atomic E-state index is 13.9. The number of likely N-dealkylation sites (tertiary alicyclic amines) is 1. The van der Waals surface area contributed by atoms with E-state index in [9.17, 15) is 40.3 Å². The van der Waals surface area contributed by atoms with Gasteiger partial charge in [-0.3, -0.25) is 4.79 Å². The number of nitrogens with one attached hydrogen (secondary N) is 1. The molecule has 4 rings (SSSR count). The molecule has 2 aromatic rings. The van der Waals surface area contributed by atoms with Crippen LogP contribution in [0.3, 0.4) is 0 Å². The van der Waals surface area contributed by atoms with Crippen LogP contribution in [0.2, 0.25) is 0 Å². The van der Waals surface area contributed by atoms with Gasteiger partial charge < -0.3 is 20.9 Å². The number of carbonyl (C=O) groups is 2. The van der Waals surface area contributed by atoms with Crippen LogP contribution in [0.25, 0.3) is 0 Å². The zero-order chi connectivity index (χ0) is 30.5. The van der Waals surface area contributed by atoms with E-state index in [0.29, 0.717) is 48.9 Å². The van der Waals surface area contributed by atoms with E-state index in [0.717, 1.165) is 4.90 Å². The van der Waals surface area contributed by atoms with Crippen molar-refractivity contribution in [2.75, 3.05) is 13.6 Å². The number of urea groups is 1. The van der Waals surface area contributed by atoms with Crippen LogP contribution >= 0.6 is 0 Å². The lowest BCUT2D eigenvalue weighted by Crippen LogP contribution is -2.57. The van der Waals surface area contributed by atoms with E-state index < -0.39 is 64.9 Å². The first-order chi connectivity index (χ1) is 18.9. The minimum Gasteiger partial charge on any atom is -0.368 e. The van der Waals surface area contributed by atoms with Crippen molar-refractivity contribution in [3.8, 4) is 0 Å². The third-order valence-corrected chi connectivity index (χ3v) is 8.34. The Labute approximate surface area is 232 Å². The van der Waals surface area contributed by atoms with Crippen molar-refractivity contribution < 1.29 is 40.3 Å². The summed E-state index contributed by atoms with van der Waals surface area (Å²) < 4.78 is 94.7. The van der Waals surface area contributed by atoms with Crippen LogP contribution in [0.15, 0.2) is 36.4 Å². The average Bonchev–Trinajstić information content (AvgIpc) is 3.29. The fourth-order valence-corrected chi connectivity index (χ4v) is 5.91. The highest BCUT2D eigenvalue weighted by molar-refractivity contribution is 5.80. The number of carbonyl (C=O) groups excluding carboxylic acids is 2. The second-order valence-corrected chi connectivity index (χ2v) is 11.0. The molecule has 2 heterocycles. The van der Waals surface area contributed by atoms with Crippen LogP contribution < -0.4 is 11.1 Å². The SMILES string of the molecule is Cc1cc(F)ccc1C1CC2(CCC(C(N)=O)N2)CCN1C(=O)N(C)[C@H](C)c1cc(C(F)(F)F)cc(C(F)(F)F)c1. The highest BCUT2D eigenvalue weighted by Crippen LogP contribution is 2.44. The van der Waals surface area contributed by atoms with Gasteiger partial charge in [-0.15, -0.1) is 0 Å². The van der Waals surface area contributed by atoms with Crippen LogP contribution in [-0.2, 0) is 17.1 Å². The smallest absolute Gasteiger partial charge is 0.368 e. The number of alkyl halides is 6. The van der Waals surface area contributed by atoms with Crippen LogP contribution in [0.1, 0.15) is 72.5 Å². The standard InChI is InChI=1S/C28H31F7N4O2/c1-15-10-20(29)4-5-21(15)23-14-26(7-6-22(37-26)24(36)40)8-9-39(23)25(41)38(3)16(2)17-11-18(27(30,31)32)13-19(12-17)28(33,34)35/h4-5,10-13,16,22-23,37H,6-9,14H2,1-3H3,(H2,36,40)/t16-,22?,23?,26?/m1/s1. The van der Waals surface area contributed by atoms with Gasteiger partial charge in [-0.05, 0) is 86.6 Å². The predicted molar refractivity (Wildman–Crippen MR) is 136 cm³/mol. The van der Waals surface area contributed by atoms with E-state index in [1.165, 1.54) is 31.0 Å². The summed E-state index contributed by atoms with van der Waals surface area (Å²) in [4.78, 5) is 28.3. The first-order valence-electron chi connectivity index (χ1n) is 13.1. The first-order valence-corrected chi connectivity index (χ1v) is 13.1. The molecule has 0 bridgehead atoms. The molecule has 2 aliphatic heterocycles. The summed E-state index contributed by atoms with van der Waals surface area (Å²) in [7, 11) is 1.32. The summed E-state index contributed by atoms with van der Waals surface area (Å²) >= 11 is 0. The normalized spacial score (nSPS) is 24.0. The van der Waals surface area contributed by atoms with Crippen molar-refractivity contribution in [1.82, 2.24) is 15.1 Å². The fourth-order valence-electron chi connectivity index (χ4n) is 5.91. The van der Waals surface area contributed by atoms with Crippen molar-refractivity contribution in [2.45, 2.75) is 75.5 Å². The number of primary amides is 1. The average molecular weight is 589 g/mol. The highest BCUT2D eigenvalue weighted by Gasteiger charge is 2.48. The molecule has 3 unspecified atom stereocenters. The van der Waals surface area contributed by atoms with E-state index in [1.54, 1.807) is 13.0 Å². The van der Waals surface area contributed by atoms with Crippen LogP contribution in [-0.4, -0.2) is 46.9 Å². The van der Waals surface area contributed by atoms with Gasteiger partial charge in [0.1, 0.15) is 5.82 Å². The topological polar surface area (TPSA) is 78.7 Å². The summed E-state index contributed by atoms with van der Waals surface area (Å²) in [6, 6.07) is 2.49. The van der Waals surface area contributed by atoms with Crippen LogP contribution in [0, 0.1) is 12.7 Å². The third kappa shape index (κ3) is 6.29. The molecule has 0 aliphatic carbocycles. The van der Waals surface area contributed by atoms with Gasteiger partial charge in [-0.2, -0.15) is 26.3 Å². The molecule has 4 atom stereocenters. The molecule has 2 saturated heterocycles. The van der Waals surface area contributed by atoms with E-state index in [2.05, 4.69) is 5.32 Å². The molecule has 13 heteroatoms. The number of nitrogens with zero attached hydrogens (tertiary/aromatic N) is 2. The minimum atomic E-state index is -5.03. The Hall–Kier alpha value is -3.35. The second-order valence-electron chi connectivity index (χ2n) is 11.0. The molecule has 2 aliphatic rings. The van der Waals surface area contributed by atoms with Gasteiger partial charge in [0.15, 0.2) is 0 Å². The lowest BCUT2D eigenvalue weighted by Gasteiger charge is -2.47. The number of hydrogen-bond donors (Lipinski definition) is 2. The molecule has 3 amide bonds. The molecule has 0 aromatic heterocycles. The molecule has 1 spiro atoms. The van der Waals surface area contributed by atoms with Crippen molar-refractivity contribution in [3.63, 3.8) is 0 Å². The maximum absolute atomic E-state index is 13.9. The Kier molecular flexibility index (Phi) is 8.07. The molecule has 41 heavy (non-hydrogen) atoms. The van der Waals surface area contributed by atoms with Gasteiger partial charge in [-0.25, -0.2) is 9.18 Å². The van der Waals surface area contributed by atoms with E-state index in [4.69, 9.17) is 5.73 Å².